The van der Waals surface area contributed by atoms with E-state index in [-0.39, 0.29) is 134 Å². The number of aromatic nitrogens is 16. The van der Waals surface area contributed by atoms with Gasteiger partial charge in [0.25, 0.3) is 18.6 Å². The van der Waals surface area contributed by atoms with Crippen molar-refractivity contribution >= 4 is 101 Å². The number of aromatic amines is 2. The molecule has 13 rings (SSSR count). The van der Waals surface area contributed by atoms with Crippen LogP contribution >= 0.6 is 38.2 Å². The zero-order chi connectivity index (χ0) is 85.9. The Morgan fingerprint density at radius 2 is 0.739 bits per heavy atom. The minimum Gasteiger partial charge on any atom is -0.383 e. The minimum absolute atomic E-state index is 0.0171. The average molecular weight is 1770 g/mol. The zero-order valence-corrected chi connectivity index (χ0v) is 72.7. The lowest BCUT2D eigenvalue weighted by molar-refractivity contribution is -0.142. The van der Waals surface area contributed by atoms with Gasteiger partial charge in [-0.1, -0.05) is 13.8 Å². The Morgan fingerprint density at radius 1 is 0.412 bits per heavy atom. The van der Waals surface area contributed by atoms with E-state index in [1.807, 2.05) is 13.8 Å². The summed E-state index contributed by atoms with van der Waals surface area (Å²) in [5.41, 5.74) is 27.6. The monoisotopic (exact) mass is 1770 g/mol. The van der Waals surface area contributed by atoms with Crippen LogP contribution in [0.15, 0.2) is 69.0 Å². The highest BCUT2D eigenvalue weighted by Gasteiger charge is 2.51. The van der Waals surface area contributed by atoms with E-state index >= 15 is 18.3 Å². The van der Waals surface area contributed by atoms with Gasteiger partial charge in [-0.05, 0) is 96.5 Å². The molecule has 119 heavy (non-hydrogen) atoms. The maximum Gasteiger partial charge on any atom is 0.351 e. The summed E-state index contributed by atoms with van der Waals surface area (Å²) in [6, 6.07) is 2.85. The molecule has 5 fully saturated rings. The van der Waals surface area contributed by atoms with Crippen molar-refractivity contribution in [3.8, 4) is 0 Å². The van der Waals surface area contributed by atoms with Gasteiger partial charge in [0.15, 0.2) is 46.2 Å². The summed E-state index contributed by atoms with van der Waals surface area (Å²) in [5.74, 6) is -0.433. The molecule has 0 saturated carbocycles. The topological polar surface area (TPSA) is 581 Å². The number of H-pyrrole nitrogens is 2. The fourth-order valence-electron chi connectivity index (χ4n) is 14.6. The standard InChI is InChI=1S/C64H104N31O19P5/c1-38(2)86-19-40(110-47(24-86)91-17-15-45(65)75-63(91)98)30-106-117(102,83(9)10)90-23-44(114-51(28-90)95-37-74-54-58(95)78-62(69)80-60(54)97)33-109-119(104,85(13)14)89-22-43(113-49(26-89)93-35-72-52-55(67)70-34-71-56(52)93)32-108-116(101,82(7)8)87-21-42(111-48(25-87)92-18-16-46(66)76-64(92)99)31-107-118(103,84(11)12)88-20-41(29-105-115(100,39(3)4)81(5)6)112-50(27-88)94-36-73-53-57(94)77-61(68)79-59(53)96/h15-18,34-44,47-51H,19-33H2,1-14H3,(H2,65,75,98)(H2,66,76,99)(H2,67,70,71)(H3,68,77,79,96)(H3,69,78,80,97)/t40-,41-,42-,43-,44-,47+,48+,49+,50+,51+,115?,116?,117?,118?,119?/m0/s1. The molecule has 0 radical (unpaired) electrons. The molecule has 12 N–H and O–H groups in total. The van der Waals surface area contributed by atoms with E-state index in [1.165, 1.54) is 110 Å². The number of imidazole rings is 3. The van der Waals surface area contributed by atoms with Crippen molar-refractivity contribution in [3.05, 3.63) is 91.5 Å². The maximum atomic E-state index is 16.5. The van der Waals surface area contributed by atoms with Gasteiger partial charge in [0.2, 0.25) is 11.9 Å². The Bertz CT molecular complexity index is 5480. The molecule has 15 atom stereocenters. The number of fused-ring (bicyclic) bond motifs is 3. The fraction of sp³-hybridized carbons (Fsp3) is 0.641. The molecule has 0 amide bonds. The quantitative estimate of drug-likeness (QED) is 0.0296. The smallest absolute Gasteiger partial charge is 0.351 e. The number of nitrogens with zero attached hydrogens (tertiary/aromatic N) is 24. The molecule has 0 aliphatic carbocycles. The zero-order valence-electron chi connectivity index (χ0n) is 68.3. The summed E-state index contributed by atoms with van der Waals surface area (Å²) < 4.78 is 166. The molecule has 0 aromatic carbocycles. The van der Waals surface area contributed by atoms with E-state index in [0.29, 0.717) is 13.1 Å². The van der Waals surface area contributed by atoms with Crippen LogP contribution in [0.4, 0.5) is 29.4 Å². The molecular weight excluding hydrogens is 1660 g/mol. The first-order chi connectivity index (χ1) is 56.2. The summed E-state index contributed by atoms with van der Waals surface area (Å²) in [4.78, 5) is 98.8. The van der Waals surface area contributed by atoms with Gasteiger partial charge in [0, 0.05) is 63.4 Å². The van der Waals surface area contributed by atoms with Crippen molar-refractivity contribution in [1.29, 1.82) is 0 Å². The summed E-state index contributed by atoms with van der Waals surface area (Å²) in [6.07, 6.45) is -2.47. The molecule has 654 valence electrons. The molecule has 50 nitrogen and oxygen atoms in total. The van der Waals surface area contributed by atoms with Gasteiger partial charge in [0.05, 0.1) is 109 Å². The van der Waals surface area contributed by atoms with E-state index in [0.717, 1.165) is 4.57 Å². The van der Waals surface area contributed by atoms with E-state index < -0.39 is 148 Å². The third-order valence-corrected chi connectivity index (χ3v) is 33.9. The van der Waals surface area contributed by atoms with Crippen LogP contribution in [-0.4, -0.2) is 336 Å². The van der Waals surface area contributed by atoms with Crippen LogP contribution in [0.1, 0.15) is 58.8 Å². The lowest BCUT2D eigenvalue weighted by atomic mass is 10.2. The summed E-state index contributed by atoms with van der Waals surface area (Å²) in [7, 11) is -5.16. The van der Waals surface area contributed by atoms with Crippen molar-refractivity contribution in [2.45, 2.75) is 101 Å². The first kappa shape index (κ1) is 89.1. The van der Waals surface area contributed by atoms with Crippen LogP contribution in [0.2, 0.25) is 0 Å². The Morgan fingerprint density at radius 3 is 1.08 bits per heavy atom. The van der Waals surface area contributed by atoms with Gasteiger partial charge in [-0.3, -0.25) is 70.1 Å². The van der Waals surface area contributed by atoms with Gasteiger partial charge in [-0.25, -0.2) is 76.5 Å². The van der Waals surface area contributed by atoms with Gasteiger partial charge < -0.3 is 75.0 Å². The molecule has 5 aliphatic rings. The molecule has 5 unspecified atom stereocenters. The largest absolute Gasteiger partial charge is 0.383 e. The Balaban J connectivity index is 0.784. The van der Waals surface area contributed by atoms with Crippen LogP contribution in [0.5, 0.6) is 0 Å². The molecule has 55 heteroatoms. The molecular formula is C64H104N31O19P5. The van der Waals surface area contributed by atoms with Crippen molar-refractivity contribution in [1.82, 2.24) is 125 Å². The number of morpholine rings is 5. The highest BCUT2D eigenvalue weighted by molar-refractivity contribution is 7.57. The van der Waals surface area contributed by atoms with Gasteiger partial charge >= 0.3 is 42.1 Å². The number of nitrogens with two attached hydrogens (primary N) is 5. The summed E-state index contributed by atoms with van der Waals surface area (Å²) in [6.45, 7) is 4.50. The predicted molar refractivity (Wildman–Crippen MR) is 435 cm³/mol. The van der Waals surface area contributed by atoms with Crippen LogP contribution in [0, 0.1) is 0 Å². The molecule has 5 aliphatic heterocycles. The van der Waals surface area contributed by atoms with E-state index in [2.05, 4.69) is 59.7 Å². The third-order valence-electron chi connectivity index (χ3n) is 20.8. The lowest BCUT2D eigenvalue weighted by Crippen LogP contribution is -2.52. The highest BCUT2D eigenvalue weighted by Crippen LogP contribution is 2.61. The number of nitrogens with one attached hydrogen (secondary N) is 2. The van der Waals surface area contributed by atoms with Gasteiger partial charge in [-0.2, -0.15) is 19.9 Å². The minimum atomic E-state index is -4.43. The first-order valence-corrected chi connectivity index (χ1v) is 45.7. The molecule has 0 spiro atoms. The Labute approximate surface area is 682 Å². The molecule has 13 heterocycles. The van der Waals surface area contributed by atoms with E-state index in [9.17, 15) is 23.7 Å². The average Bonchev–Trinajstić information content (AvgIpc) is 1.53. The summed E-state index contributed by atoms with van der Waals surface area (Å²) >= 11 is 0. The normalized spacial score (nSPS) is 25.9. The second-order valence-corrected chi connectivity index (χ2v) is 44.3. The van der Waals surface area contributed by atoms with E-state index in [4.69, 9.17) is 75.0 Å². The van der Waals surface area contributed by atoms with Crippen molar-refractivity contribution in [2.24, 2.45) is 0 Å². The van der Waals surface area contributed by atoms with Crippen LogP contribution in [0.3, 0.4) is 0 Å². The molecule has 0 bridgehead atoms. The predicted octanol–water partition coefficient (Wildman–Crippen LogP) is 0.848. The first-order valence-electron chi connectivity index (χ1n) is 37.9. The second-order valence-electron chi connectivity index (χ2n) is 30.7. The number of rotatable bonds is 31. The maximum absolute atomic E-state index is 16.5. The van der Waals surface area contributed by atoms with Crippen molar-refractivity contribution in [2.75, 3.05) is 198 Å². The molecule has 8 aromatic rings. The molecule has 8 aromatic heterocycles. The van der Waals surface area contributed by atoms with Crippen molar-refractivity contribution in [3.63, 3.8) is 0 Å². The van der Waals surface area contributed by atoms with Crippen molar-refractivity contribution < 1.29 is 69.1 Å². The van der Waals surface area contributed by atoms with Gasteiger partial charge in [0.1, 0.15) is 42.2 Å². The third kappa shape index (κ3) is 18.4. The lowest BCUT2D eigenvalue weighted by Gasteiger charge is -2.46. The SMILES string of the molecule is CC(C)N1C[C@@H](COP(=O)(N(C)C)N2C[C@@H](COP(=O)(N(C)C)N3C[C@@H](COP(=O)(N(C)C)N4C[C@@H](COP(=O)(N(C)C)N5C[C@@H](COP(=O)(C(C)C)N(C)C)O[C@@H](n6cnc7c(=O)[nH]c(N)nc76)C5)O[C@@H](n5ccc(N)nc5=O)C4)O[C@@H](n4cnc5c(N)ncnc54)C3)O[C@@H](n3cnc4c(=O)[nH]c(N)nc43)C2)O[C@@H](n2ccc(N)nc2=O)C1. The van der Waals surface area contributed by atoms with Gasteiger partial charge in [-0.15, -0.1) is 0 Å². The molecule has 5 saturated heterocycles. The Kier molecular flexibility index (Phi) is 26.7. The fourth-order valence-corrected chi connectivity index (χ4v) is 24.4. The number of anilines is 5. The summed E-state index contributed by atoms with van der Waals surface area (Å²) in [5, 5.41) is 0. The number of hydrogen-bond donors (Lipinski definition) is 7. The Hall–Kier alpha value is -7.64. The number of hydrogen-bond acceptors (Lipinski definition) is 34. The van der Waals surface area contributed by atoms with E-state index in [1.54, 1.807) is 84.1 Å². The van der Waals surface area contributed by atoms with Crippen LogP contribution in [-0.2, 0) is 69.1 Å². The highest BCUT2D eigenvalue weighted by atomic mass is 31.2. The van der Waals surface area contributed by atoms with Crippen LogP contribution in [0.25, 0.3) is 33.5 Å². The number of ether oxygens (including phenoxy) is 5. The number of nitrogen functional groups attached to an aromatic ring is 5. The van der Waals surface area contributed by atoms with Crippen LogP contribution < -0.4 is 51.2 Å². The second kappa shape index (κ2) is 35.7.